The molecule has 3 nitrogen and oxygen atoms in total. The van der Waals surface area contributed by atoms with E-state index in [1.54, 1.807) is 20.8 Å². The van der Waals surface area contributed by atoms with E-state index < -0.39 is 11.2 Å². The van der Waals surface area contributed by atoms with Crippen LogP contribution in [0, 0.1) is 0 Å². The van der Waals surface area contributed by atoms with Crippen molar-refractivity contribution in [2.24, 2.45) is 0 Å². The highest BCUT2D eigenvalue weighted by Gasteiger charge is 2.40. The minimum absolute atomic E-state index is 0.132. The fourth-order valence-corrected chi connectivity index (χ4v) is 2.11. The van der Waals surface area contributed by atoms with Gasteiger partial charge in [0.1, 0.15) is 0 Å². The van der Waals surface area contributed by atoms with E-state index >= 15 is 0 Å². The van der Waals surface area contributed by atoms with Crippen LogP contribution in [0.5, 0.6) is 0 Å². The molecule has 0 aromatic heterocycles. The predicted molar refractivity (Wildman–Crippen MR) is 73.4 cm³/mol. The summed E-state index contributed by atoms with van der Waals surface area (Å²) >= 11 is 0. The third-order valence-corrected chi connectivity index (χ3v) is 3.54. The van der Waals surface area contributed by atoms with Gasteiger partial charge in [0.05, 0.1) is 22.9 Å². The molecule has 1 aliphatic heterocycles. The number of hydrogen-bond donors (Lipinski definition) is 2. The third kappa shape index (κ3) is 4.23. The summed E-state index contributed by atoms with van der Waals surface area (Å²) < 4.78 is 5.92. The quantitative estimate of drug-likeness (QED) is 0.741. The molecule has 1 saturated heterocycles. The first kappa shape index (κ1) is 15.4. The van der Waals surface area contributed by atoms with Crippen molar-refractivity contribution in [1.29, 1.82) is 0 Å². The van der Waals surface area contributed by atoms with E-state index in [1.165, 1.54) is 6.08 Å². The van der Waals surface area contributed by atoms with E-state index in [-0.39, 0.29) is 11.7 Å². The van der Waals surface area contributed by atoms with Gasteiger partial charge in [-0.3, -0.25) is 0 Å². The van der Waals surface area contributed by atoms with E-state index in [0.717, 1.165) is 12.8 Å². The van der Waals surface area contributed by atoms with E-state index in [9.17, 15) is 10.2 Å². The molecule has 0 aliphatic carbocycles. The highest BCUT2D eigenvalue weighted by Crippen LogP contribution is 2.36. The lowest BCUT2D eigenvalue weighted by Gasteiger charge is -2.28. The molecule has 0 aromatic carbocycles. The van der Waals surface area contributed by atoms with Gasteiger partial charge in [-0.1, -0.05) is 18.2 Å². The summed E-state index contributed by atoms with van der Waals surface area (Å²) in [6.45, 7) is 10.9. The Morgan fingerprint density at radius 1 is 1.39 bits per heavy atom. The molecule has 0 radical (unpaired) electrons. The van der Waals surface area contributed by atoms with Crippen LogP contribution in [0.25, 0.3) is 0 Å². The number of ether oxygens (including phenoxy) is 1. The Morgan fingerprint density at radius 3 is 2.44 bits per heavy atom. The van der Waals surface area contributed by atoms with Crippen molar-refractivity contribution >= 4 is 0 Å². The zero-order valence-electron chi connectivity index (χ0n) is 11.9. The van der Waals surface area contributed by atoms with Gasteiger partial charge in [0.2, 0.25) is 0 Å². The van der Waals surface area contributed by atoms with Gasteiger partial charge in [0.25, 0.3) is 0 Å². The summed E-state index contributed by atoms with van der Waals surface area (Å²) in [4.78, 5) is 0. The Labute approximate surface area is 110 Å². The SMILES string of the molecule is C=C[C@@](C)(O)C/C=C\[C@@]1(C)CC[C@@H](C(C)(C)O)O1. The molecule has 3 heteroatoms. The predicted octanol–water partition coefficient (Wildman–Crippen LogP) is 2.58. The zero-order valence-corrected chi connectivity index (χ0v) is 11.9. The number of aliphatic hydroxyl groups is 2. The van der Waals surface area contributed by atoms with Crippen molar-refractivity contribution in [2.45, 2.75) is 69.9 Å². The molecular weight excluding hydrogens is 228 g/mol. The van der Waals surface area contributed by atoms with Gasteiger partial charge in [-0.25, -0.2) is 0 Å². The molecule has 1 aliphatic rings. The minimum atomic E-state index is -0.874. The van der Waals surface area contributed by atoms with Crippen LogP contribution >= 0.6 is 0 Å². The first-order valence-corrected chi connectivity index (χ1v) is 6.52. The average molecular weight is 254 g/mol. The van der Waals surface area contributed by atoms with Crippen molar-refractivity contribution in [3.8, 4) is 0 Å². The van der Waals surface area contributed by atoms with Crippen molar-refractivity contribution in [1.82, 2.24) is 0 Å². The Morgan fingerprint density at radius 2 is 2.00 bits per heavy atom. The molecule has 2 N–H and O–H groups in total. The van der Waals surface area contributed by atoms with Crippen LogP contribution in [-0.4, -0.2) is 33.1 Å². The van der Waals surface area contributed by atoms with Crippen molar-refractivity contribution < 1.29 is 14.9 Å². The second-order valence-electron chi connectivity index (χ2n) is 6.28. The lowest BCUT2D eigenvalue weighted by atomic mass is 9.95. The number of hydrogen-bond acceptors (Lipinski definition) is 3. The van der Waals surface area contributed by atoms with E-state index in [0.29, 0.717) is 6.42 Å². The monoisotopic (exact) mass is 254 g/mol. The van der Waals surface area contributed by atoms with Crippen LogP contribution in [0.1, 0.15) is 47.0 Å². The lowest BCUT2D eigenvalue weighted by Crippen LogP contribution is -2.37. The molecule has 0 saturated carbocycles. The highest BCUT2D eigenvalue weighted by atomic mass is 16.5. The van der Waals surface area contributed by atoms with Gasteiger partial charge in [-0.15, -0.1) is 6.58 Å². The summed E-state index contributed by atoms with van der Waals surface area (Å²) in [5, 5.41) is 19.8. The van der Waals surface area contributed by atoms with Gasteiger partial charge in [0.15, 0.2) is 0 Å². The van der Waals surface area contributed by atoms with Crippen LogP contribution in [0.3, 0.4) is 0 Å². The van der Waals surface area contributed by atoms with Crippen molar-refractivity contribution in [2.75, 3.05) is 0 Å². The largest absolute Gasteiger partial charge is 0.388 e. The fraction of sp³-hybridized carbons (Fsp3) is 0.733. The molecule has 1 heterocycles. The van der Waals surface area contributed by atoms with Crippen LogP contribution in [0.15, 0.2) is 24.8 Å². The maximum absolute atomic E-state index is 9.94. The maximum atomic E-state index is 9.94. The van der Waals surface area contributed by atoms with E-state index in [4.69, 9.17) is 4.74 Å². The van der Waals surface area contributed by atoms with Crippen LogP contribution < -0.4 is 0 Å². The second kappa shape index (κ2) is 5.16. The summed E-state index contributed by atoms with van der Waals surface area (Å²) in [7, 11) is 0. The average Bonchev–Trinajstić information content (AvgIpc) is 2.60. The molecule has 0 bridgehead atoms. The molecule has 0 unspecified atom stereocenters. The Balaban J connectivity index is 2.58. The normalized spacial score (nSPS) is 32.7. The van der Waals surface area contributed by atoms with E-state index in [2.05, 4.69) is 6.58 Å². The molecule has 0 amide bonds. The Hall–Kier alpha value is -0.640. The summed E-state index contributed by atoms with van der Waals surface area (Å²) in [6, 6.07) is 0. The Bertz CT molecular complexity index is 325. The molecule has 18 heavy (non-hydrogen) atoms. The van der Waals surface area contributed by atoms with Crippen LogP contribution in [0.2, 0.25) is 0 Å². The lowest BCUT2D eigenvalue weighted by molar-refractivity contribution is -0.0999. The van der Waals surface area contributed by atoms with Gasteiger partial charge < -0.3 is 14.9 Å². The van der Waals surface area contributed by atoms with E-state index in [1.807, 2.05) is 19.1 Å². The Kier molecular flexibility index (Phi) is 4.42. The zero-order chi connectivity index (χ0) is 14.0. The van der Waals surface area contributed by atoms with Crippen LogP contribution in [-0.2, 0) is 4.74 Å². The maximum Gasteiger partial charge on any atom is 0.0869 e. The van der Waals surface area contributed by atoms with Gasteiger partial charge >= 0.3 is 0 Å². The standard InChI is InChI=1S/C15H26O3/c1-6-14(4,17)9-7-10-15(5)11-8-12(18-15)13(2,3)16/h6-7,10,12,16-17H,1,8-9,11H2,2-5H3/b10-7-/t12-,14+,15-/m0/s1. The molecular formula is C15H26O3. The smallest absolute Gasteiger partial charge is 0.0869 e. The first-order chi connectivity index (χ1) is 8.08. The fourth-order valence-electron chi connectivity index (χ4n) is 2.11. The van der Waals surface area contributed by atoms with Gasteiger partial charge in [-0.05, 0) is 47.0 Å². The summed E-state index contributed by atoms with van der Waals surface area (Å²) in [5.41, 5.74) is -2.03. The highest BCUT2D eigenvalue weighted by molar-refractivity contribution is 5.08. The van der Waals surface area contributed by atoms with Crippen LogP contribution in [0.4, 0.5) is 0 Å². The molecule has 0 spiro atoms. The summed E-state index contributed by atoms with van der Waals surface area (Å²) in [5.74, 6) is 0. The first-order valence-electron chi connectivity index (χ1n) is 6.52. The molecule has 1 fully saturated rings. The minimum Gasteiger partial charge on any atom is -0.388 e. The molecule has 104 valence electrons. The molecule has 3 atom stereocenters. The second-order valence-corrected chi connectivity index (χ2v) is 6.28. The summed E-state index contributed by atoms with van der Waals surface area (Å²) in [6.07, 6.45) is 7.56. The van der Waals surface area contributed by atoms with Gasteiger partial charge in [0, 0.05) is 0 Å². The third-order valence-electron chi connectivity index (χ3n) is 3.54. The van der Waals surface area contributed by atoms with Gasteiger partial charge in [-0.2, -0.15) is 0 Å². The van der Waals surface area contributed by atoms with Crippen molar-refractivity contribution in [3.63, 3.8) is 0 Å². The molecule has 0 aromatic rings. The topological polar surface area (TPSA) is 49.7 Å². The van der Waals surface area contributed by atoms with Crippen molar-refractivity contribution in [3.05, 3.63) is 24.8 Å². The number of rotatable bonds is 5. The molecule has 1 rings (SSSR count).